The molecule has 0 spiro atoms. The smallest absolute Gasteiger partial charge is 0.335 e. The summed E-state index contributed by atoms with van der Waals surface area (Å²) in [4.78, 5) is 13.2. The van der Waals surface area contributed by atoms with E-state index in [1.807, 2.05) is 0 Å². The van der Waals surface area contributed by atoms with Crippen molar-refractivity contribution in [1.29, 1.82) is 0 Å². The molecule has 5 nitrogen and oxygen atoms in total. The Balaban J connectivity index is 2.75. The molecule has 0 saturated carbocycles. The number of likely N-dealkylation sites (N-methyl/N-ethyl adjacent to an activating group) is 1. The number of nitrogens with zero attached hydrogens (tertiary/aromatic N) is 1. The van der Waals surface area contributed by atoms with Crippen LogP contribution in [0.3, 0.4) is 0 Å². The number of anilines is 2. The highest BCUT2D eigenvalue weighted by Crippen LogP contribution is 2.21. The summed E-state index contributed by atoms with van der Waals surface area (Å²) in [5.41, 5.74) is 7.35. The molecule has 0 radical (unpaired) electrons. The Morgan fingerprint density at radius 3 is 2.58 bits per heavy atom. The maximum atomic E-state index is 10.9. The molecule has 0 amide bonds. The molecular formula is C14H23N3O2. The Morgan fingerprint density at radius 1 is 1.42 bits per heavy atom. The highest BCUT2D eigenvalue weighted by molar-refractivity contribution is 5.90. The van der Waals surface area contributed by atoms with Gasteiger partial charge in [0.2, 0.25) is 0 Å². The molecule has 0 bridgehead atoms. The van der Waals surface area contributed by atoms with Crippen molar-refractivity contribution in [3.8, 4) is 0 Å². The Morgan fingerprint density at radius 2 is 2.05 bits per heavy atom. The molecule has 19 heavy (non-hydrogen) atoms. The standard InChI is InChI=1S/C14H23N3O2/c1-4-17(5-2)9-10(3)16-13-8-11(14(18)19)6-7-12(13)15/h6-8,10,16H,4-5,9,15H2,1-3H3,(H,18,19). The molecule has 0 saturated heterocycles. The van der Waals surface area contributed by atoms with Crippen LogP contribution in [0.2, 0.25) is 0 Å². The van der Waals surface area contributed by atoms with E-state index in [1.54, 1.807) is 12.1 Å². The van der Waals surface area contributed by atoms with Gasteiger partial charge >= 0.3 is 5.97 Å². The maximum Gasteiger partial charge on any atom is 0.335 e. The minimum Gasteiger partial charge on any atom is -0.478 e. The fourth-order valence-electron chi connectivity index (χ4n) is 1.99. The number of aromatic carboxylic acids is 1. The molecule has 1 atom stereocenters. The third kappa shape index (κ3) is 4.44. The first-order valence-electron chi connectivity index (χ1n) is 6.59. The highest BCUT2D eigenvalue weighted by atomic mass is 16.4. The zero-order chi connectivity index (χ0) is 14.4. The Labute approximate surface area is 114 Å². The van der Waals surface area contributed by atoms with Crippen molar-refractivity contribution < 1.29 is 9.90 Å². The number of nitrogens with two attached hydrogens (primary N) is 1. The fraction of sp³-hybridized carbons (Fsp3) is 0.500. The number of hydrogen-bond acceptors (Lipinski definition) is 4. The van der Waals surface area contributed by atoms with Gasteiger partial charge < -0.3 is 21.1 Å². The number of carbonyl (C=O) groups is 1. The van der Waals surface area contributed by atoms with Crippen molar-refractivity contribution in [2.75, 3.05) is 30.7 Å². The third-order valence-corrected chi connectivity index (χ3v) is 3.13. The van der Waals surface area contributed by atoms with Crippen LogP contribution in [0.25, 0.3) is 0 Å². The van der Waals surface area contributed by atoms with Crippen molar-refractivity contribution in [3.63, 3.8) is 0 Å². The summed E-state index contributed by atoms with van der Waals surface area (Å²) < 4.78 is 0. The lowest BCUT2D eigenvalue weighted by molar-refractivity contribution is 0.0697. The van der Waals surface area contributed by atoms with E-state index in [-0.39, 0.29) is 11.6 Å². The number of benzene rings is 1. The molecule has 0 aliphatic heterocycles. The average molecular weight is 265 g/mol. The van der Waals surface area contributed by atoms with Crippen LogP contribution in [0.4, 0.5) is 11.4 Å². The molecule has 0 aromatic heterocycles. The Hall–Kier alpha value is -1.75. The van der Waals surface area contributed by atoms with Crippen LogP contribution >= 0.6 is 0 Å². The van der Waals surface area contributed by atoms with Crippen molar-refractivity contribution in [1.82, 2.24) is 4.90 Å². The van der Waals surface area contributed by atoms with Crippen LogP contribution in [0.1, 0.15) is 31.1 Å². The minimum absolute atomic E-state index is 0.200. The molecule has 0 fully saturated rings. The number of hydrogen-bond donors (Lipinski definition) is 3. The lowest BCUT2D eigenvalue weighted by atomic mass is 10.1. The predicted molar refractivity (Wildman–Crippen MR) is 78.7 cm³/mol. The normalized spacial score (nSPS) is 12.4. The van der Waals surface area contributed by atoms with E-state index in [2.05, 4.69) is 31.0 Å². The van der Waals surface area contributed by atoms with Gasteiger partial charge in [0.15, 0.2) is 0 Å². The number of nitrogens with one attached hydrogen (secondary N) is 1. The second kappa shape index (κ2) is 6.99. The van der Waals surface area contributed by atoms with Crippen molar-refractivity contribution in [2.45, 2.75) is 26.8 Å². The molecular weight excluding hydrogens is 242 g/mol. The van der Waals surface area contributed by atoms with Gasteiger partial charge in [0.25, 0.3) is 0 Å². The second-order valence-electron chi connectivity index (χ2n) is 4.64. The summed E-state index contributed by atoms with van der Waals surface area (Å²) in [7, 11) is 0. The van der Waals surface area contributed by atoms with Crippen LogP contribution < -0.4 is 11.1 Å². The molecule has 1 unspecified atom stereocenters. The number of carboxylic acid groups (broad SMARTS) is 1. The quantitative estimate of drug-likeness (QED) is 0.658. The predicted octanol–water partition coefficient (Wildman–Crippen LogP) is 2.11. The summed E-state index contributed by atoms with van der Waals surface area (Å²) in [6.45, 7) is 9.18. The number of carboxylic acids is 1. The van der Waals surface area contributed by atoms with Gasteiger partial charge in [0, 0.05) is 12.6 Å². The molecule has 0 aliphatic rings. The molecule has 4 N–H and O–H groups in total. The fourth-order valence-corrected chi connectivity index (χ4v) is 1.99. The van der Waals surface area contributed by atoms with Gasteiger partial charge in [-0.25, -0.2) is 4.79 Å². The molecule has 5 heteroatoms. The summed E-state index contributed by atoms with van der Waals surface area (Å²) in [6.07, 6.45) is 0. The Kier molecular flexibility index (Phi) is 5.63. The Bertz CT molecular complexity index is 431. The maximum absolute atomic E-state index is 10.9. The molecule has 1 aromatic carbocycles. The van der Waals surface area contributed by atoms with E-state index in [4.69, 9.17) is 10.8 Å². The molecule has 0 heterocycles. The van der Waals surface area contributed by atoms with E-state index in [0.717, 1.165) is 19.6 Å². The van der Waals surface area contributed by atoms with Gasteiger partial charge in [0.1, 0.15) is 0 Å². The SMILES string of the molecule is CCN(CC)CC(C)Nc1cc(C(=O)O)ccc1N. The first-order chi connectivity index (χ1) is 8.97. The number of nitrogen functional groups attached to an aromatic ring is 1. The molecule has 106 valence electrons. The van der Waals surface area contributed by atoms with Crippen LogP contribution in [0.5, 0.6) is 0 Å². The first kappa shape index (κ1) is 15.3. The zero-order valence-electron chi connectivity index (χ0n) is 11.8. The van der Waals surface area contributed by atoms with Crippen LogP contribution in [-0.2, 0) is 0 Å². The van der Waals surface area contributed by atoms with E-state index in [1.165, 1.54) is 6.07 Å². The molecule has 1 rings (SSSR count). The summed E-state index contributed by atoms with van der Waals surface area (Å²) in [6, 6.07) is 4.91. The van der Waals surface area contributed by atoms with E-state index >= 15 is 0 Å². The van der Waals surface area contributed by atoms with Crippen molar-refractivity contribution >= 4 is 17.3 Å². The summed E-state index contributed by atoms with van der Waals surface area (Å²) in [5, 5.41) is 12.3. The van der Waals surface area contributed by atoms with Gasteiger partial charge in [-0.2, -0.15) is 0 Å². The van der Waals surface area contributed by atoms with Crippen molar-refractivity contribution in [3.05, 3.63) is 23.8 Å². The number of rotatable bonds is 7. The highest BCUT2D eigenvalue weighted by Gasteiger charge is 2.11. The van der Waals surface area contributed by atoms with E-state index < -0.39 is 5.97 Å². The zero-order valence-corrected chi connectivity index (χ0v) is 11.8. The van der Waals surface area contributed by atoms with Gasteiger partial charge in [-0.15, -0.1) is 0 Å². The molecule has 1 aromatic rings. The second-order valence-corrected chi connectivity index (χ2v) is 4.64. The topological polar surface area (TPSA) is 78.6 Å². The lowest BCUT2D eigenvalue weighted by Gasteiger charge is -2.24. The summed E-state index contributed by atoms with van der Waals surface area (Å²) in [5.74, 6) is -0.945. The molecule has 0 aliphatic carbocycles. The van der Waals surface area contributed by atoms with Gasteiger partial charge in [-0.3, -0.25) is 0 Å². The average Bonchev–Trinajstić information content (AvgIpc) is 2.38. The lowest BCUT2D eigenvalue weighted by Crippen LogP contribution is -2.34. The van der Waals surface area contributed by atoms with Gasteiger partial charge in [0.05, 0.1) is 16.9 Å². The van der Waals surface area contributed by atoms with Crippen LogP contribution in [0, 0.1) is 0 Å². The van der Waals surface area contributed by atoms with E-state index in [0.29, 0.717) is 11.4 Å². The van der Waals surface area contributed by atoms with Crippen molar-refractivity contribution in [2.24, 2.45) is 0 Å². The third-order valence-electron chi connectivity index (χ3n) is 3.13. The monoisotopic (exact) mass is 265 g/mol. The first-order valence-corrected chi connectivity index (χ1v) is 6.59. The van der Waals surface area contributed by atoms with E-state index in [9.17, 15) is 4.79 Å². The van der Waals surface area contributed by atoms with Gasteiger partial charge in [-0.1, -0.05) is 13.8 Å². The van der Waals surface area contributed by atoms with Gasteiger partial charge in [-0.05, 0) is 38.2 Å². The van der Waals surface area contributed by atoms with Crippen LogP contribution in [0.15, 0.2) is 18.2 Å². The van der Waals surface area contributed by atoms with Crippen LogP contribution in [-0.4, -0.2) is 41.7 Å². The minimum atomic E-state index is -0.945. The largest absolute Gasteiger partial charge is 0.478 e. The summed E-state index contributed by atoms with van der Waals surface area (Å²) >= 11 is 0.